The Morgan fingerprint density at radius 2 is 1.91 bits per heavy atom. The van der Waals surface area contributed by atoms with Crippen LogP contribution in [0.1, 0.15) is 72.0 Å². The molecule has 0 radical (unpaired) electrons. The van der Waals surface area contributed by atoms with E-state index in [2.05, 4.69) is 15.6 Å². The van der Waals surface area contributed by atoms with Gasteiger partial charge in [-0.1, -0.05) is 30.5 Å². The molecule has 3 aliphatic rings. The number of halogens is 1. The average molecular weight is 470 g/mol. The fourth-order valence-electron chi connectivity index (χ4n) is 4.99. The Balaban J connectivity index is 1.43. The van der Waals surface area contributed by atoms with Crippen molar-refractivity contribution in [1.82, 2.24) is 19.8 Å². The van der Waals surface area contributed by atoms with Crippen molar-refractivity contribution in [2.45, 2.75) is 76.5 Å². The number of anilines is 1. The second kappa shape index (κ2) is 8.17. The first-order valence-corrected chi connectivity index (χ1v) is 11.9. The summed E-state index contributed by atoms with van der Waals surface area (Å²) in [6.07, 6.45) is 7.37. The first-order chi connectivity index (χ1) is 15.8. The van der Waals surface area contributed by atoms with Gasteiger partial charge in [0.15, 0.2) is 5.69 Å². The van der Waals surface area contributed by atoms with Crippen molar-refractivity contribution in [2.24, 2.45) is 0 Å². The highest BCUT2D eigenvalue weighted by Gasteiger charge is 2.54. The molecule has 2 aliphatic carbocycles. The molecule has 2 fully saturated rings. The summed E-state index contributed by atoms with van der Waals surface area (Å²) in [6.45, 7) is 3.97. The Morgan fingerprint density at radius 1 is 1.18 bits per heavy atom. The molecule has 0 bridgehead atoms. The van der Waals surface area contributed by atoms with Gasteiger partial charge in [0.2, 0.25) is 5.91 Å². The first-order valence-electron chi connectivity index (χ1n) is 11.5. The SMILES string of the molecule is Cc1ccc(NC(=O)c2ncn3c2C(=O)N(C2CC2)[C@@](C)(C(=O)NC2CCCC2)C3)cc1Cl. The molecule has 33 heavy (non-hydrogen) atoms. The summed E-state index contributed by atoms with van der Waals surface area (Å²) in [4.78, 5) is 46.0. The van der Waals surface area contributed by atoms with Crippen molar-refractivity contribution in [3.8, 4) is 0 Å². The second-order valence-corrected chi connectivity index (χ2v) is 10.0. The highest BCUT2D eigenvalue weighted by Crippen LogP contribution is 2.39. The van der Waals surface area contributed by atoms with Crippen LogP contribution in [0.3, 0.4) is 0 Å². The van der Waals surface area contributed by atoms with Gasteiger partial charge in [0.1, 0.15) is 11.2 Å². The van der Waals surface area contributed by atoms with Crippen molar-refractivity contribution >= 4 is 35.0 Å². The smallest absolute Gasteiger partial charge is 0.276 e. The number of aromatic nitrogens is 2. The van der Waals surface area contributed by atoms with Gasteiger partial charge in [0.05, 0.1) is 12.9 Å². The molecule has 1 aromatic heterocycles. The Morgan fingerprint density at radius 3 is 2.58 bits per heavy atom. The molecule has 174 valence electrons. The zero-order chi connectivity index (χ0) is 23.3. The third kappa shape index (κ3) is 3.90. The summed E-state index contributed by atoms with van der Waals surface area (Å²) in [7, 11) is 0. The minimum atomic E-state index is -1.02. The van der Waals surface area contributed by atoms with Crippen LogP contribution in [0.4, 0.5) is 5.69 Å². The molecule has 1 atom stereocenters. The van der Waals surface area contributed by atoms with Gasteiger partial charge in [-0.15, -0.1) is 0 Å². The molecule has 0 spiro atoms. The van der Waals surface area contributed by atoms with Crippen LogP contribution in [-0.4, -0.2) is 49.8 Å². The molecular formula is C24H28ClN5O3. The average Bonchev–Trinajstić information content (AvgIpc) is 3.28. The molecular weight excluding hydrogens is 442 g/mol. The number of rotatable bonds is 5. The molecule has 0 saturated heterocycles. The number of benzene rings is 1. The summed E-state index contributed by atoms with van der Waals surface area (Å²) in [5.41, 5.74) is 0.691. The number of fused-ring (bicyclic) bond motifs is 1. The lowest BCUT2D eigenvalue weighted by Crippen LogP contribution is -2.65. The monoisotopic (exact) mass is 469 g/mol. The van der Waals surface area contributed by atoms with Crippen LogP contribution in [0.25, 0.3) is 0 Å². The molecule has 2 N–H and O–H groups in total. The van der Waals surface area contributed by atoms with Crippen LogP contribution < -0.4 is 10.6 Å². The van der Waals surface area contributed by atoms with Crippen LogP contribution in [0.2, 0.25) is 5.02 Å². The minimum absolute atomic E-state index is 0.00675. The maximum atomic E-state index is 13.7. The lowest BCUT2D eigenvalue weighted by atomic mass is 9.93. The molecule has 1 aromatic carbocycles. The molecule has 3 amide bonds. The van der Waals surface area contributed by atoms with Crippen LogP contribution in [-0.2, 0) is 11.3 Å². The van der Waals surface area contributed by atoms with E-state index in [1.54, 1.807) is 21.6 Å². The molecule has 1 aliphatic heterocycles. The lowest BCUT2D eigenvalue weighted by molar-refractivity contribution is -0.134. The summed E-state index contributed by atoms with van der Waals surface area (Å²) < 4.78 is 1.65. The van der Waals surface area contributed by atoms with E-state index in [1.807, 2.05) is 19.9 Å². The number of imidazole rings is 1. The number of nitrogens with one attached hydrogen (secondary N) is 2. The number of hydrogen-bond acceptors (Lipinski definition) is 4. The maximum absolute atomic E-state index is 13.7. The van der Waals surface area contributed by atoms with Crippen LogP contribution in [0.15, 0.2) is 24.5 Å². The molecule has 0 unspecified atom stereocenters. The first kappa shape index (κ1) is 21.9. The van der Waals surface area contributed by atoms with Crippen molar-refractivity contribution in [3.63, 3.8) is 0 Å². The van der Waals surface area contributed by atoms with Crippen molar-refractivity contribution in [1.29, 1.82) is 0 Å². The van der Waals surface area contributed by atoms with Crippen molar-refractivity contribution in [3.05, 3.63) is 46.5 Å². The highest BCUT2D eigenvalue weighted by molar-refractivity contribution is 6.31. The van der Waals surface area contributed by atoms with Gasteiger partial charge in [-0.25, -0.2) is 4.98 Å². The Kier molecular flexibility index (Phi) is 5.43. The van der Waals surface area contributed by atoms with Gasteiger partial charge in [-0.3, -0.25) is 14.4 Å². The van der Waals surface area contributed by atoms with E-state index in [4.69, 9.17) is 11.6 Å². The van der Waals surface area contributed by atoms with Crippen LogP contribution in [0, 0.1) is 6.92 Å². The van der Waals surface area contributed by atoms with Crippen LogP contribution in [0.5, 0.6) is 0 Å². The Labute approximate surface area is 197 Å². The zero-order valence-corrected chi connectivity index (χ0v) is 19.6. The number of carbonyl (C=O) groups is 3. The minimum Gasteiger partial charge on any atom is -0.351 e. The lowest BCUT2D eigenvalue weighted by Gasteiger charge is -2.44. The topological polar surface area (TPSA) is 96.3 Å². The Bertz CT molecular complexity index is 1140. The van der Waals surface area contributed by atoms with Gasteiger partial charge >= 0.3 is 0 Å². The van der Waals surface area contributed by atoms with Crippen molar-refractivity contribution in [2.75, 3.05) is 5.32 Å². The maximum Gasteiger partial charge on any atom is 0.276 e. The van der Waals surface area contributed by atoms with Gasteiger partial charge in [0.25, 0.3) is 11.8 Å². The summed E-state index contributed by atoms with van der Waals surface area (Å²) in [5, 5.41) is 6.49. The van der Waals surface area contributed by atoms with Gasteiger partial charge in [0, 0.05) is 22.8 Å². The number of nitrogens with zero attached hydrogens (tertiary/aromatic N) is 3. The zero-order valence-electron chi connectivity index (χ0n) is 18.9. The predicted molar refractivity (Wildman–Crippen MR) is 124 cm³/mol. The van der Waals surface area contributed by atoms with E-state index in [9.17, 15) is 14.4 Å². The summed E-state index contributed by atoms with van der Waals surface area (Å²) >= 11 is 6.17. The van der Waals surface area contributed by atoms with E-state index in [0.717, 1.165) is 44.1 Å². The fourth-order valence-corrected chi connectivity index (χ4v) is 5.17. The number of carbonyl (C=O) groups excluding carboxylic acids is 3. The van der Waals surface area contributed by atoms with Crippen molar-refractivity contribution < 1.29 is 14.4 Å². The fraction of sp³-hybridized carbons (Fsp3) is 0.500. The third-order valence-electron chi connectivity index (χ3n) is 7.01. The number of hydrogen-bond donors (Lipinski definition) is 2. The van der Waals surface area contributed by atoms with E-state index in [0.29, 0.717) is 10.7 Å². The molecule has 2 heterocycles. The summed E-state index contributed by atoms with van der Waals surface area (Å²) in [5.74, 6) is -0.932. The molecule has 9 heteroatoms. The standard InChI is InChI=1S/C24H28ClN5O3/c1-14-7-8-16(11-18(14)25)27-21(31)19-20-22(32)30(17-9-10-17)24(2,12-29(20)13-26-19)23(33)28-15-5-3-4-6-15/h7-8,11,13,15,17H,3-6,9-10,12H2,1-2H3,(H,27,31)(H,28,33)/t24-/m1/s1. The molecule has 2 aromatic rings. The van der Waals surface area contributed by atoms with E-state index in [-0.39, 0.29) is 41.8 Å². The molecule has 5 rings (SSSR count). The second-order valence-electron chi connectivity index (χ2n) is 9.62. The normalized spacial score (nSPS) is 22.9. The van der Waals surface area contributed by atoms with E-state index in [1.165, 1.54) is 6.33 Å². The predicted octanol–water partition coefficient (Wildman–Crippen LogP) is 3.53. The largest absolute Gasteiger partial charge is 0.351 e. The number of aryl methyl sites for hydroxylation is 1. The van der Waals surface area contributed by atoms with E-state index >= 15 is 0 Å². The van der Waals surface area contributed by atoms with Gasteiger partial charge in [-0.2, -0.15) is 0 Å². The molecule has 8 nitrogen and oxygen atoms in total. The quantitative estimate of drug-likeness (QED) is 0.700. The summed E-state index contributed by atoms with van der Waals surface area (Å²) in [6, 6.07) is 5.41. The Hall–Kier alpha value is -2.87. The third-order valence-corrected chi connectivity index (χ3v) is 7.41. The molecule has 2 saturated carbocycles. The van der Waals surface area contributed by atoms with Gasteiger partial charge < -0.3 is 20.1 Å². The van der Waals surface area contributed by atoms with Gasteiger partial charge in [-0.05, 0) is 57.2 Å². The number of amides is 3. The highest BCUT2D eigenvalue weighted by atomic mass is 35.5. The van der Waals surface area contributed by atoms with E-state index < -0.39 is 11.4 Å². The van der Waals surface area contributed by atoms with Crippen LogP contribution >= 0.6 is 11.6 Å².